The molecule has 5 rings (SSSR count). The quantitative estimate of drug-likeness (QED) is 0.411. The fourth-order valence-electron chi connectivity index (χ4n) is 6.92. The van der Waals surface area contributed by atoms with Crippen LogP contribution >= 0.6 is 0 Å². The Hall–Kier alpha value is -0.380. The third-order valence-electron chi connectivity index (χ3n) is 8.47. The van der Waals surface area contributed by atoms with Gasteiger partial charge >= 0.3 is 0 Å². The summed E-state index contributed by atoms with van der Waals surface area (Å²) in [7, 11) is 0. The van der Waals surface area contributed by atoms with Crippen LogP contribution in [-0.2, 0) is 4.74 Å². The van der Waals surface area contributed by atoms with E-state index in [1.807, 2.05) is 0 Å². The Balaban J connectivity index is 1.52. The third-order valence-corrected chi connectivity index (χ3v) is 8.47. The molecule has 3 saturated carbocycles. The zero-order valence-electron chi connectivity index (χ0n) is 13.7. The highest BCUT2D eigenvalue weighted by atomic mass is 16.6. The molecule has 122 valence electrons. The molecule has 3 heteroatoms. The van der Waals surface area contributed by atoms with Crippen molar-refractivity contribution >= 4 is 0 Å². The summed E-state index contributed by atoms with van der Waals surface area (Å²) in [5, 5.41) is 21.0. The van der Waals surface area contributed by atoms with Gasteiger partial charge < -0.3 is 14.9 Å². The average Bonchev–Trinajstić information content (AvgIpc) is 3.14. The Morgan fingerprint density at radius 2 is 1.86 bits per heavy atom. The van der Waals surface area contributed by atoms with Gasteiger partial charge in [-0.2, -0.15) is 0 Å². The molecule has 2 unspecified atom stereocenters. The Bertz CT molecular complexity index is 553. The van der Waals surface area contributed by atoms with E-state index in [1.54, 1.807) is 5.57 Å². The summed E-state index contributed by atoms with van der Waals surface area (Å²) in [6, 6.07) is 0. The molecule has 22 heavy (non-hydrogen) atoms. The van der Waals surface area contributed by atoms with Gasteiger partial charge in [-0.3, -0.25) is 0 Å². The fraction of sp³-hybridized carbons (Fsp3) is 0.895. The predicted octanol–water partition coefficient (Wildman–Crippen LogP) is 3.01. The molecule has 0 radical (unpaired) electrons. The van der Waals surface area contributed by atoms with Crippen LogP contribution in [0.2, 0.25) is 0 Å². The molecular formula is C19H28O3. The zero-order valence-corrected chi connectivity index (χ0v) is 13.7. The van der Waals surface area contributed by atoms with E-state index in [-0.39, 0.29) is 5.41 Å². The van der Waals surface area contributed by atoms with Crippen molar-refractivity contribution in [1.82, 2.24) is 0 Å². The van der Waals surface area contributed by atoms with Crippen molar-refractivity contribution in [1.29, 1.82) is 0 Å². The minimum Gasteiger partial charge on any atom is -0.369 e. The minimum atomic E-state index is -1.45. The van der Waals surface area contributed by atoms with Gasteiger partial charge in [0.15, 0.2) is 5.79 Å². The molecule has 0 aromatic heterocycles. The molecule has 0 aromatic rings. The lowest BCUT2D eigenvalue weighted by Crippen LogP contribution is -2.54. The lowest BCUT2D eigenvalue weighted by Gasteiger charge is -2.57. The van der Waals surface area contributed by atoms with Crippen molar-refractivity contribution in [3.8, 4) is 0 Å². The highest BCUT2D eigenvalue weighted by molar-refractivity contribution is 5.28. The Morgan fingerprint density at radius 3 is 2.68 bits per heavy atom. The molecule has 5 aliphatic rings. The molecule has 0 amide bonds. The number of epoxide rings is 1. The van der Waals surface area contributed by atoms with E-state index in [1.165, 1.54) is 6.42 Å². The zero-order chi connectivity index (χ0) is 15.3. The summed E-state index contributed by atoms with van der Waals surface area (Å²) >= 11 is 0. The normalized spacial score (nSPS) is 58.0. The number of allylic oxidation sites excluding steroid dienone is 1. The minimum absolute atomic E-state index is 0.302. The van der Waals surface area contributed by atoms with Crippen molar-refractivity contribution in [2.75, 3.05) is 0 Å². The van der Waals surface area contributed by atoms with Crippen LogP contribution < -0.4 is 0 Å². The highest BCUT2D eigenvalue weighted by Crippen LogP contribution is 2.67. The average molecular weight is 304 g/mol. The number of ether oxygens (including phenoxy) is 1. The van der Waals surface area contributed by atoms with E-state index < -0.39 is 5.79 Å². The first kappa shape index (κ1) is 14.0. The second kappa shape index (κ2) is 3.99. The molecule has 4 fully saturated rings. The number of aliphatic hydroxyl groups is 2. The van der Waals surface area contributed by atoms with Crippen molar-refractivity contribution in [2.24, 2.45) is 28.6 Å². The van der Waals surface area contributed by atoms with Gasteiger partial charge in [0.05, 0.1) is 12.2 Å². The number of hydrogen-bond acceptors (Lipinski definition) is 3. The largest absolute Gasteiger partial charge is 0.369 e. The first-order valence-corrected chi connectivity index (χ1v) is 9.15. The molecule has 1 heterocycles. The van der Waals surface area contributed by atoms with Crippen LogP contribution in [-0.4, -0.2) is 28.2 Å². The standard InChI is InChI=1S/C19H28O3/c1-17-10-16-15(22-16)9-11(17)3-4-12-13(17)5-7-18(2)14(12)6-8-19(18,20)21/h3,12-16,20-21H,4-10H2,1-2H3/t12-,13+,14+,15?,16?,17+,18+/m1/s1. The van der Waals surface area contributed by atoms with Crippen LogP contribution in [0.5, 0.6) is 0 Å². The van der Waals surface area contributed by atoms with Crippen LogP contribution in [0.3, 0.4) is 0 Å². The monoisotopic (exact) mass is 304 g/mol. The summed E-state index contributed by atoms with van der Waals surface area (Å²) in [5.41, 5.74) is 1.65. The van der Waals surface area contributed by atoms with Gasteiger partial charge in [-0.15, -0.1) is 0 Å². The third kappa shape index (κ3) is 1.53. The van der Waals surface area contributed by atoms with E-state index in [4.69, 9.17) is 4.74 Å². The van der Waals surface area contributed by atoms with E-state index in [2.05, 4.69) is 19.9 Å². The van der Waals surface area contributed by atoms with Crippen LogP contribution in [0.4, 0.5) is 0 Å². The van der Waals surface area contributed by atoms with Gasteiger partial charge in [-0.05, 0) is 61.7 Å². The smallest absolute Gasteiger partial charge is 0.168 e. The van der Waals surface area contributed by atoms with E-state index in [0.29, 0.717) is 41.8 Å². The van der Waals surface area contributed by atoms with Crippen molar-refractivity contribution in [2.45, 2.75) is 76.8 Å². The Morgan fingerprint density at radius 1 is 1.09 bits per heavy atom. The number of rotatable bonds is 0. The molecule has 3 nitrogen and oxygen atoms in total. The summed E-state index contributed by atoms with van der Waals surface area (Å²) in [4.78, 5) is 0. The van der Waals surface area contributed by atoms with Gasteiger partial charge in [0, 0.05) is 11.8 Å². The van der Waals surface area contributed by atoms with E-state index in [9.17, 15) is 10.2 Å². The number of hydrogen-bond donors (Lipinski definition) is 2. The molecule has 4 aliphatic carbocycles. The van der Waals surface area contributed by atoms with E-state index >= 15 is 0 Å². The van der Waals surface area contributed by atoms with Crippen molar-refractivity contribution in [3.05, 3.63) is 11.6 Å². The van der Waals surface area contributed by atoms with Crippen LogP contribution in [0, 0.1) is 28.6 Å². The van der Waals surface area contributed by atoms with Gasteiger partial charge in [0.2, 0.25) is 0 Å². The van der Waals surface area contributed by atoms with Crippen LogP contribution in [0.25, 0.3) is 0 Å². The second-order valence-corrected chi connectivity index (χ2v) is 9.19. The van der Waals surface area contributed by atoms with Crippen molar-refractivity contribution < 1.29 is 14.9 Å². The van der Waals surface area contributed by atoms with Gasteiger partial charge in [0.1, 0.15) is 0 Å². The molecule has 1 saturated heterocycles. The maximum Gasteiger partial charge on any atom is 0.168 e. The Labute approximate surface area is 132 Å². The molecule has 0 spiro atoms. The maximum atomic E-state index is 10.5. The number of fused-ring (bicyclic) bond motifs is 6. The summed E-state index contributed by atoms with van der Waals surface area (Å²) in [6.07, 6.45) is 10.6. The van der Waals surface area contributed by atoms with Crippen LogP contribution in [0.15, 0.2) is 11.6 Å². The SMILES string of the molecule is C[C@]12CC3OC3CC1=CC[C@@H]1[C@@H]2CC[C@@]2(C)[C@H]1CCC2(O)O. The molecule has 0 aromatic carbocycles. The topological polar surface area (TPSA) is 53.0 Å². The lowest BCUT2D eigenvalue weighted by molar-refractivity contribution is -0.246. The highest BCUT2D eigenvalue weighted by Gasteiger charge is 2.65. The first-order valence-electron chi connectivity index (χ1n) is 9.15. The molecule has 7 atom stereocenters. The predicted molar refractivity (Wildman–Crippen MR) is 82.9 cm³/mol. The summed E-state index contributed by atoms with van der Waals surface area (Å²) in [5.74, 6) is 0.354. The molecule has 2 N–H and O–H groups in total. The molecule has 1 aliphatic heterocycles. The summed E-state index contributed by atoms with van der Waals surface area (Å²) in [6.45, 7) is 4.60. The molecule has 0 bridgehead atoms. The van der Waals surface area contributed by atoms with E-state index in [0.717, 1.165) is 32.1 Å². The molecular weight excluding hydrogens is 276 g/mol. The Kier molecular flexibility index (Phi) is 2.54. The van der Waals surface area contributed by atoms with Gasteiger partial charge in [0.25, 0.3) is 0 Å². The van der Waals surface area contributed by atoms with Gasteiger partial charge in [-0.25, -0.2) is 0 Å². The van der Waals surface area contributed by atoms with Gasteiger partial charge in [-0.1, -0.05) is 25.5 Å². The summed E-state index contributed by atoms with van der Waals surface area (Å²) < 4.78 is 5.83. The van der Waals surface area contributed by atoms with Crippen LogP contribution in [0.1, 0.15) is 58.8 Å². The fourth-order valence-corrected chi connectivity index (χ4v) is 6.92. The lowest BCUT2D eigenvalue weighted by atomic mass is 9.48. The second-order valence-electron chi connectivity index (χ2n) is 9.19. The maximum absolute atomic E-state index is 10.5. The first-order chi connectivity index (χ1) is 10.4. The van der Waals surface area contributed by atoms with Crippen molar-refractivity contribution in [3.63, 3.8) is 0 Å².